The van der Waals surface area contributed by atoms with E-state index in [4.69, 9.17) is 4.74 Å². The monoisotopic (exact) mass is 235 g/mol. The Balaban J connectivity index is 2.13. The summed E-state index contributed by atoms with van der Waals surface area (Å²) in [4.78, 5) is 0. The second-order valence-electron chi connectivity index (χ2n) is 4.87. The third kappa shape index (κ3) is 2.91. The van der Waals surface area contributed by atoms with Gasteiger partial charge in [0.2, 0.25) is 0 Å². The summed E-state index contributed by atoms with van der Waals surface area (Å²) in [6, 6.07) is 3.77. The van der Waals surface area contributed by atoms with Gasteiger partial charge in [-0.3, -0.25) is 0 Å². The van der Waals surface area contributed by atoms with Crippen LogP contribution in [0.15, 0.2) is 12.1 Å². The van der Waals surface area contributed by atoms with E-state index in [1.54, 1.807) is 13.2 Å². The van der Waals surface area contributed by atoms with Crippen LogP contribution in [0, 0.1) is 12.8 Å². The molecule has 2 N–H and O–H groups in total. The zero-order chi connectivity index (χ0) is 12.3. The maximum atomic E-state index is 9.68. The van der Waals surface area contributed by atoms with E-state index in [9.17, 15) is 5.11 Å². The molecule has 0 spiro atoms. The number of hydrogen-bond donors (Lipinski definition) is 2. The molecule has 0 saturated carbocycles. The Morgan fingerprint density at radius 1 is 1.47 bits per heavy atom. The van der Waals surface area contributed by atoms with Crippen LogP contribution in [0.5, 0.6) is 11.5 Å². The van der Waals surface area contributed by atoms with E-state index in [0.29, 0.717) is 11.7 Å². The van der Waals surface area contributed by atoms with Crippen molar-refractivity contribution in [1.29, 1.82) is 0 Å². The molecule has 2 rings (SSSR count). The largest absolute Gasteiger partial charge is 0.504 e. The van der Waals surface area contributed by atoms with Crippen molar-refractivity contribution < 1.29 is 9.84 Å². The first kappa shape index (κ1) is 12.2. The van der Waals surface area contributed by atoms with Crippen molar-refractivity contribution in [3.05, 3.63) is 23.3 Å². The molecule has 0 aromatic heterocycles. The highest BCUT2D eigenvalue weighted by atomic mass is 16.5. The molecule has 1 atom stereocenters. The molecule has 0 amide bonds. The number of methoxy groups -OCH3 is 1. The molecule has 3 heteroatoms. The lowest BCUT2D eigenvalue weighted by molar-refractivity contribution is 0.365. The lowest BCUT2D eigenvalue weighted by atomic mass is 9.90. The molecule has 0 bridgehead atoms. The average Bonchev–Trinajstić information content (AvgIpc) is 2.34. The third-order valence-electron chi connectivity index (χ3n) is 3.54. The second-order valence-corrected chi connectivity index (χ2v) is 4.87. The van der Waals surface area contributed by atoms with E-state index in [2.05, 4.69) is 5.32 Å². The molecule has 1 aromatic carbocycles. The predicted octanol–water partition coefficient (Wildman–Crippen LogP) is 2.25. The van der Waals surface area contributed by atoms with Gasteiger partial charge >= 0.3 is 0 Å². The number of aromatic hydroxyl groups is 1. The first-order chi connectivity index (χ1) is 8.20. The molecule has 17 heavy (non-hydrogen) atoms. The first-order valence-corrected chi connectivity index (χ1v) is 6.28. The van der Waals surface area contributed by atoms with Gasteiger partial charge in [-0.25, -0.2) is 0 Å². The number of nitrogens with one attached hydrogen (secondary N) is 1. The van der Waals surface area contributed by atoms with Gasteiger partial charge in [0, 0.05) is 0 Å². The molecule has 1 aliphatic heterocycles. The van der Waals surface area contributed by atoms with E-state index >= 15 is 0 Å². The number of hydrogen-bond acceptors (Lipinski definition) is 3. The minimum absolute atomic E-state index is 0.232. The van der Waals surface area contributed by atoms with Gasteiger partial charge in [-0.1, -0.05) is 0 Å². The van der Waals surface area contributed by atoms with Crippen LogP contribution in [-0.4, -0.2) is 25.3 Å². The second kappa shape index (κ2) is 5.41. The number of piperidine rings is 1. The van der Waals surface area contributed by atoms with Crippen LogP contribution in [0.3, 0.4) is 0 Å². The molecule has 0 aliphatic carbocycles. The fraction of sp³-hybridized carbons (Fsp3) is 0.571. The molecule has 1 saturated heterocycles. The quantitative estimate of drug-likeness (QED) is 0.844. The molecule has 94 valence electrons. The van der Waals surface area contributed by atoms with Gasteiger partial charge in [-0.15, -0.1) is 0 Å². The number of phenolic OH excluding ortho intramolecular Hbond substituents is 1. The maximum Gasteiger partial charge on any atom is 0.160 e. The number of ether oxygens (including phenoxy) is 1. The van der Waals surface area contributed by atoms with Crippen LogP contribution < -0.4 is 10.1 Å². The summed E-state index contributed by atoms with van der Waals surface area (Å²) in [6.07, 6.45) is 3.62. The van der Waals surface area contributed by atoms with Crippen molar-refractivity contribution in [3.8, 4) is 11.5 Å². The summed E-state index contributed by atoms with van der Waals surface area (Å²) in [5.74, 6) is 1.52. The zero-order valence-corrected chi connectivity index (χ0v) is 10.6. The number of aryl methyl sites for hydroxylation is 1. The number of benzene rings is 1. The molecule has 1 heterocycles. The molecule has 3 nitrogen and oxygen atoms in total. The summed E-state index contributed by atoms with van der Waals surface area (Å²) < 4.78 is 5.16. The van der Waals surface area contributed by atoms with Gasteiger partial charge in [0.15, 0.2) is 11.5 Å². The first-order valence-electron chi connectivity index (χ1n) is 6.28. The zero-order valence-electron chi connectivity index (χ0n) is 10.6. The fourth-order valence-corrected chi connectivity index (χ4v) is 2.51. The molecular weight excluding hydrogens is 214 g/mol. The molecule has 1 aromatic rings. The average molecular weight is 235 g/mol. The molecule has 1 aliphatic rings. The lowest BCUT2D eigenvalue weighted by Gasteiger charge is -2.23. The van der Waals surface area contributed by atoms with Crippen LogP contribution in [0.4, 0.5) is 0 Å². The van der Waals surface area contributed by atoms with Gasteiger partial charge < -0.3 is 15.2 Å². The molecular formula is C14H21NO2. The van der Waals surface area contributed by atoms with E-state index in [0.717, 1.165) is 25.1 Å². The van der Waals surface area contributed by atoms with Gasteiger partial charge in [0.25, 0.3) is 0 Å². The van der Waals surface area contributed by atoms with E-state index < -0.39 is 0 Å². The van der Waals surface area contributed by atoms with Crippen LogP contribution in [0.25, 0.3) is 0 Å². The van der Waals surface area contributed by atoms with Crippen molar-refractivity contribution in [2.75, 3.05) is 20.2 Å². The Kier molecular flexibility index (Phi) is 3.89. The Bertz CT molecular complexity index is 384. The summed E-state index contributed by atoms with van der Waals surface area (Å²) in [7, 11) is 1.59. The highest BCUT2D eigenvalue weighted by Gasteiger charge is 2.16. The molecule has 1 unspecified atom stereocenters. The molecule has 0 radical (unpaired) electrons. The normalized spacial score (nSPS) is 20.2. The van der Waals surface area contributed by atoms with Crippen molar-refractivity contribution in [2.45, 2.75) is 26.2 Å². The summed E-state index contributed by atoms with van der Waals surface area (Å²) in [5, 5.41) is 13.1. The minimum atomic E-state index is 0.232. The van der Waals surface area contributed by atoms with Crippen LogP contribution >= 0.6 is 0 Å². The number of phenols is 1. The van der Waals surface area contributed by atoms with Gasteiger partial charge in [-0.05, 0) is 68.5 Å². The van der Waals surface area contributed by atoms with E-state index in [-0.39, 0.29) is 5.75 Å². The summed E-state index contributed by atoms with van der Waals surface area (Å²) in [6.45, 7) is 4.29. The maximum absolute atomic E-state index is 9.68. The highest BCUT2D eigenvalue weighted by Crippen LogP contribution is 2.31. The highest BCUT2D eigenvalue weighted by molar-refractivity contribution is 5.46. The fourth-order valence-electron chi connectivity index (χ4n) is 2.51. The Morgan fingerprint density at radius 3 is 2.94 bits per heavy atom. The van der Waals surface area contributed by atoms with E-state index in [1.165, 1.54) is 18.4 Å². The SMILES string of the molecule is COc1cc(CC2CCCNC2)c(C)cc1O. The molecule has 1 fully saturated rings. The van der Waals surface area contributed by atoms with Gasteiger partial charge in [-0.2, -0.15) is 0 Å². The smallest absolute Gasteiger partial charge is 0.160 e. The third-order valence-corrected chi connectivity index (χ3v) is 3.54. The minimum Gasteiger partial charge on any atom is -0.504 e. The lowest BCUT2D eigenvalue weighted by Crippen LogP contribution is -2.30. The number of rotatable bonds is 3. The Labute approximate surface area is 103 Å². The van der Waals surface area contributed by atoms with Crippen molar-refractivity contribution in [2.24, 2.45) is 5.92 Å². The van der Waals surface area contributed by atoms with Crippen LogP contribution in [-0.2, 0) is 6.42 Å². The topological polar surface area (TPSA) is 41.5 Å². The van der Waals surface area contributed by atoms with Gasteiger partial charge in [0.1, 0.15) is 0 Å². The van der Waals surface area contributed by atoms with E-state index in [1.807, 2.05) is 13.0 Å². The van der Waals surface area contributed by atoms with Crippen molar-refractivity contribution >= 4 is 0 Å². The summed E-state index contributed by atoms with van der Waals surface area (Å²) in [5.41, 5.74) is 2.43. The standard InChI is InChI=1S/C14H21NO2/c1-10-6-13(16)14(17-2)8-12(10)7-11-4-3-5-15-9-11/h6,8,11,15-16H,3-5,7,9H2,1-2H3. The van der Waals surface area contributed by atoms with Crippen molar-refractivity contribution in [1.82, 2.24) is 5.32 Å². The van der Waals surface area contributed by atoms with Gasteiger partial charge in [0.05, 0.1) is 7.11 Å². The van der Waals surface area contributed by atoms with Crippen LogP contribution in [0.2, 0.25) is 0 Å². The Morgan fingerprint density at radius 2 is 2.29 bits per heavy atom. The predicted molar refractivity (Wildman–Crippen MR) is 68.7 cm³/mol. The summed E-state index contributed by atoms with van der Waals surface area (Å²) >= 11 is 0. The van der Waals surface area contributed by atoms with Crippen molar-refractivity contribution in [3.63, 3.8) is 0 Å². The Hall–Kier alpha value is -1.22. The van der Waals surface area contributed by atoms with Crippen LogP contribution in [0.1, 0.15) is 24.0 Å².